The van der Waals surface area contributed by atoms with E-state index < -0.39 is 5.82 Å². The van der Waals surface area contributed by atoms with Crippen LogP contribution in [0.5, 0.6) is 0 Å². The minimum Gasteiger partial charge on any atom is -0.370 e. The smallest absolute Gasteiger partial charge is 0.257 e. The van der Waals surface area contributed by atoms with Crippen LogP contribution in [-0.4, -0.2) is 57.4 Å². The highest BCUT2D eigenvalue weighted by Gasteiger charge is 2.26. The third-order valence-electron chi connectivity index (χ3n) is 7.04. The minimum atomic E-state index is -0.487. The first-order valence-electron chi connectivity index (χ1n) is 12.7. The number of benzene rings is 2. The maximum atomic E-state index is 14.6. The molecule has 2 aromatic heterocycles. The van der Waals surface area contributed by atoms with Crippen molar-refractivity contribution in [3.8, 4) is 0 Å². The van der Waals surface area contributed by atoms with Gasteiger partial charge in [0.1, 0.15) is 11.6 Å². The van der Waals surface area contributed by atoms with Crippen LogP contribution in [0.2, 0.25) is 0 Å². The number of nitrogens with one attached hydrogen (secondary N) is 2. The lowest BCUT2D eigenvalue weighted by molar-refractivity contribution is 0.102. The molecule has 1 amide bonds. The standard InChI is InChI=1S/C27H30FN7O2/c1-15-12-35(13-16(2)30-15)22-7-6-19(25-20(22)11-29-26(32-25)23-5-4-8-37-23)27(36)31-18-9-17-14-34(3)33-24(17)21(28)10-18/h6-7,9-11,14-16,23,30H,4-5,8,12-13H2,1-3H3,(H,31,36)/t15-,16+,23?. The average Bonchev–Trinajstić information content (AvgIpc) is 3.52. The highest BCUT2D eigenvalue weighted by molar-refractivity contribution is 6.14. The number of ether oxygens (including phenoxy) is 1. The Hall–Kier alpha value is -3.63. The first kappa shape index (κ1) is 23.7. The van der Waals surface area contributed by atoms with Gasteiger partial charge in [-0.3, -0.25) is 9.48 Å². The second kappa shape index (κ2) is 9.35. The van der Waals surface area contributed by atoms with Crippen molar-refractivity contribution >= 4 is 39.1 Å². The van der Waals surface area contributed by atoms with Crippen LogP contribution in [-0.2, 0) is 11.8 Å². The van der Waals surface area contributed by atoms with Crippen molar-refractivity contribution in [2.75, 3.05) is 29.9 Å². The van der Waals surface area contributed by atoms with Crippen LogP contribution < -0.4 is 15.5 Å². The van der Waals surface area contributed by atoms with E-state index in [4.69, 9.17) is 9.72 Å². The number of rotatable bonds is 4. The van der Waals surface area contributed by atoms with Gasteiger partial charge in [-0.15, -0.1) is 0 Å². The number of fused-ring (bicyclic) bond motifs is 2. The Labute approximate surface area is 214 Å². The average molecular weight is 504 g/mol. The largest absolute Gasteiger partial charge is 0.370 e. The molecule has 0 saturated carbocycles. The fourth-order valence-electron chi connectivity index (χ4n) is 5.52. The SMILES string of the molecule is C[C@@H]1CN(c2ccc(C(=O)Nc3cc(F)c4nn(C)cc4c3)c3nc(C4CCCO4)ncc23)C[C@H](C)N1. The van der Waals surface area contributed by atoms with Crippen molar-refractivity contribution in [3.63, 3.8) is 0 Å². The molecule has 0 radical (unpaired) electrons. The van der Waals surface area contributed by atoms with Crippen molar-refractivity contribution in [2.45, 2.75) is 44.9 Å². The molecule has 37 heavy (non-hydrogen) atoms. The first-order chi connectivity index (χ1) is 17.9. The van der Waals surface area contributed by atoms with Gasteiger partial charge in [0.05, 0.1) is 11.1 Å². The molecule has 4 aromatic rings. The number of amides is 1. The van der Waals surface area contributed by atoms with Crippen LogP contribution in [0.15, 0.2) is 36.7 Å². The maximum absolute atomic E-state index is 14.6. The van der Waals surface area contributed by atoms with E-state index >= 15 is 0 Å². The molecule has 2 fully saturated rings. The number of halogens is 1. The van der Waals surface area contributed by atoms with E-state index in [1.807, 2.05) is 12.3 Å². The van der Waals surface area contributed by atoms with Crippen molar-refractivity contribution < 1.29 is 13.9 Å². The molecule has 2 aromatic carbocycles. The summed E-state index contributed by atoms with van der Waals surface area (Å²) in [6.45, 7) is 6.68. The first-order valence-corrected chi connectivity index (χ1v) is 12.7. The number of aryl methyl sites for hydroxylation is 1. The third kappa shape index (κ3) is 4.51. The fourth-order valence-corrected chi connectivity index (χ4v) is 5.52. The van der Waals surface area contributed by atoms with Gasteiger partial charge in [0.15, 0.2) is 11.6 Å². The lowest BCUT2D eigenvalue weighted by Gasteiger charge is -2.38. The van der Waals surface area contributed by atoms with Gasteiger partial charge in [0.25, 0.3) is 5.91 Å². The van der Waals surface area contributed by atoms with E-state index in [0.717, 1.165) is 37.0 Å². The van der Waals surface area contributed by atoms with E-state index in [1.165, 1.54) is 6.07 Å². The van der Waals surface area contributed by atoms with E-state index in [1.54, 1.807) is 30.1 Å². The predicted octanol–water partition coefficient (Wildman–Crippen LogP) is 3.95. The molecule has 0 aliphatic carbocycles. The summed E-state index contributed by atoms with van der Waals surface area (Å²) in [6.07, 6.45) is 5.16. The Morgan fingerprint density at radius 2 is 2.00 bits per heavy atom. The normalized spacial score (nSPS) is 22.2. The third-order valence-corrected chi connectivity index (χ3v) is 7.04. The molecule has 4 heterocycles. The summed E-state index contributed by atoms with van der Waals surface area (Å²) in [4.78, 5) is 25.4. The Kier molecular flexibility index (Phi) is 6.00. The van der Waals surface area contributed by atoms with Gasteiger partial charge in [0.2, 0.25) is 0 Å². The molecule has 2 N–H and O–H groups in total. The molecule has 2 saturated heterocycles. The highest BCUT2D eigenvalue weighted by atomic mass is 19.1. The second-order valence-electron chi connectivity index (χ2n) is 10.2. The number of aromatic nitrogens is 4. The van der Waals surface area contributed by atoms with Gasteiger partial charge in [0, 0.05) is 73.4 Å². The monoisotopic (exact) mass is 503 g/mol. The van der Waals surface area contributed by atoms with Crippen LogP contribution >= 0.6 is 0 Å². The van der Waals surface area contributed by atoms with Gasteiger partial charge in [-0.05, 0) is 51.0 Å². The summed E-state index contributed by atoms with van der Waals surface area (Å²) < 4.78 is 22.0. The molecule has 6 rings (SSSR count). The van der Waals surface area contributed by atoms with E-state index in [0.29, 0.717) is 46.7 Å². The Bertz CT molecular complexity index is 1490. The van der Waals surface area contributed by atoms with E-state index in [-0.39, 0.29) is 17.5 Å². The number of carbonyl (C=O) groups is 1. The Balaban J connectivity index is 1.41. The van der Waals surface area contributed by atoms with Gasteiger partial charge in [-0.1, -0.05) is 0 Å². The predicted molar refractivity (Wildman–Crippen MR) is 140 cm³/mol. The number of hydrogen-bond donors (Lipinski definition) is 2. The number of nitrogens with zero attached hydrogens (tertiary/aromatic N) is 5. The van der Waals surface area contributed by atoms with Gasteiger partial charge < -0.3 is 20.3 Å². The molecule has 3 atom stereocenters. The summed E-state index contributed by atoms with van der Waals surface area (Å²) >= 11 is 0. The summed E-state index contributed by atoms with van der Waals surface area (Å²) in [5, 5.41) is 12.0. The minimum absolute atomic E-state index is 0.176. The molecule has 2 aliphatic heterocycles. The summed E-state index contributed by atoms with van der Waals surface area (Å²) in [7, 11) is 1.73. The van der Waals surface area contributed by atoms with Crippen LogP contribution in [0.3, 0.4) is 0 Å². The number of carbonyl (C=O) groups excluding carboxylic acids is 1. The van der Waals surface area contributed by atoms with Crippen LogP contribution in [0.25, 0.3) is 21.8 Å². The molecule has 2 aliphatic rings. The van der Waals surface area contributed by atoms with Crippen LogP contribution in [0, 0.1) is 5.82 Å². The molecule has 192 valence electrons. The molecule has 0 spiro atoms. The molecule has 10 heteroatoms. The van der Waals surface area contributed by atoms with Crippen molar-refractivity contribution in [1.29, 1.82) is 0 Å². The van der Waals surface area contributed by atoms with Crippen molar-refractivity contribution in [1.82, 2.24) is 25.1 Å². The molecule has 0 bridgehead atoms. The van der Waals surface area contributed by atoms with Crippen LogP contribution in [0.4, 0.5) is 15.8 Å². The highest BCUT2D eigenvalue weighted by Crippen LogP contribution is 2.33. The van der Waals surface area contributed by atoms with Crippen molar-refractivity contribution in [3.05, 3.63) is 53.9 Å². The fraction of sp³-hybridized carbons (Fsp3) is 0.407. The van der Waals surface area contributed by atoms with E-state index in [2.05, 4.69) is 39.5 Å². The Morgan fingerprint density at radius 1 is 1.19 bits per heavy atom. The molecule has 9 nitrogen and oxygen atoms in total. The van der Waals surface area contributed by atoms with Crippen LogP contribution in [0.1, 0.15) is 49.0 Å². The van der Waals surface area contributed by atoms with E-state index in [9.17, 15) is 9.18 Å². The zero-order valence-corrected chi connectivity index (χ0v) is 21.2. The lowest BCUT2D eigenvalue weighted by Crippen LogP contribution is -2.54. The second-order valence-corrected chi connectivity index (χ2v) is 10.2. The van der Waals surface area contributed by atoms with Crippen molar-refractivity contribution in [2.24, 2.45) is 7.05 Å². The quantitative estimate of drug-likeness (QED) is 0.435. The number of piperazine rings is 1. The van der Waals surface area contributed by atoms with Gasteiger partial charge in [-0.2, -0.15) is 5.10 Å². The summed E-state index contributed by atoms with van der Waals surface area (Å²) in [5.74, 6) is -0.266. The Morgan fingerprint density at radius 3 is 2.76 bits per heavy atom. The zero-order valence-electron chi connectivity index (χ0n) is 21.2. The topological polar surface area (TPSA) is 97.2 Å². The summed E-state index contributed by atoms with van der Waals surface area (Å²) in [5.41, 5.74) is 2.59. The number of anilines is 2. The molecular formula is C27H30FN7O2. The summed E-state index contributed by atoms with van der Waals surface area (Å²) in [6, 6.07) is 7.42. The molecular weight excluding hydrogens is 473 g/mol. The van der Waals surface area contributed by atoms with Gasteiger partial charge in [-0.25, -0.2) is 14.4 Å². The maximum Gasteiger partial charge on any atom is 0.257 e. The molecule has 1 unspecified atom stereocenters. The number of hydrogen-bond acceptors (Lipinski definition) is 7. The van der Waals surface area contributed by atoms with Gasteiger partial charge >= 0.3 is 0 Å². The lowest BCUT2D eigenvalue weighted by atomic mass is 10.0. The zero-order chi connectivity index (χ0) is 25.7.